The van der Waals surface area contributed by atoms with Gasteiger partial charge in [-0.3, -0.25) is 0 Å². The summed E-state index contributed by atoms with van der Waals surface area (Å²) in [5, 5.41) is 6.49. The van der Waals surface area contributed by atoms with Crippen LogP contribution in [0.3, 0.4) is 0 Å². The van der Waals surface area contributed by atoms with E-state index in [4.69, 9.17) is 4.43 Å². The molecule has 4 rings (SSSR count). The van der Waals surface area contributed by atoms with Gasteiger partial charge >= 0.3 is 0 Å². The lowest BCUT2D eigenvalue weighted by Crippen LogP contribution is -2.35. The molecule has 164 valence electrons. The molecule has 32 heavy (non-hydrogen) atoms. The van der Waals surface area contributed by atoms with Crippen LogP contribution in [0.2, 0.25) is 19.6 Å². The van der Waals surface area contributed by atoms with Crippen molar-refractivity contribution in [3.63, 3.8) is 0 Å². The highest BCUT2D eigenvalue weighted by Gasteiger charge is 2.45. The highest BCUT2D eigenvalue weighted by atomic mass is 32.1. The minimum absolute atomic E-state index is 0.150. The quantitative estimate of drug-likeness (QED) is 0.187. The van der Waals surface area contributed by atoms with Gasteiger partial charge in [0.05, 0.1) is 12.3 Å². The highest BCUT2D eigenvalue weighted by molar-refractivity contribution is 7.95. The van der Waals surface area contributed by atoms with Crippen molar-refractivity contribution in [2.24, 2.45) is 0 Å². The zero-order valence-corrected chi connectivity index (χ0v) is 21.9. The van der Waals surface area contributed by atoms with Crippen LogP contribution in [0.25, 0.3) is 0 Å². The van der Waals surface area contributed by atoms with E-state index in [0.717, 1.165) is 12.6 Å². The molecule has 4 aromatic rings. The van der Waals surface area contributed by atoms with Gasteiger partial charge in [0.1, 0.15) is 23.2 Å². The SMILES string of the molecule is C[Si](C)(C)O[C@H](CC[P+](c1ccccc1)(c1ccccc1)c1ccccc1)c1cccs1. The van der Waals surface area contributed by atoms with Crippen molar-refractivity contribution in [1.82, 2.24) is 0 Å². The van der Waals surface area contributed by atoms with Crippen LogP contribution >= 0.6 is 18.6 Å². The van der Waals surface area contributed by atoms with Gasteiger partial charge in [0.25, 0.3) is 0 Å². The predicted octanol–water partition coefficient (Wildman–Crippen LogP) is 7.02. The molecule has 0 N–H and O–H groups in total. The van der Waals surface area contributed by atoms with Crippen LogP contribution in [-0.2, 0) is 4.43 Å². The van der Waals surface area contributed by atoms with Gasteiger partial charge in [-0.25, -0.2) is 0 Å². The monoisotopic (exact) mass is 475 g/mol. The van der Waals surface area contributed by atoms with E-state index in [0.29, 0.717) is 0 Å². The van der Waals surface area contributed by atoms with E-state index in [1.54, 1.807) is 0 Å². The number of hydrogen-bond donors (Lipinski definition) is 0. The Balaban J connectivity index is 1.82. The molecule has 0 radical (unpaired) electrons. The summed E-state index contributed by atoms with van der Waals surface area (Å²) in [6, 6.07) is 37.8. The second-order valence-corrected chi connectivity index (χ2v) is 18.1. The molecular formula is C28H32OPSSi+. The Labute approximate surface area is 198 Å². The first-order valence-electron chi connectivity index (χ1n) is 11.3. The van der Waals surface area contributed by atoms with Crippen molar-refractivity contribution >= 4 is 42.8 Å². The van der Waals surface area contributed by atoms with Gasteiger partial charge in [-0.1, -0.05) is 60.7 Å². The van der Waals surface area contributed by atoms with Gasteiger partial charge < -0.3 is 4.43 Å². The Bertz CT molecular complexity index is 980. The zero-order chi connectivity index (χ0) is 22.4. The van der Waals surface area contributed by atoms with Crippen molar-refractivity contribution in [2.45, 2.75) is 32.2 Å². The maximum atomic E-state index is 6.75. The summed E-state index contributed by atoms with van der Waals surface area (Å²) < 4.78 is 6.75. The Morgan fingerprint density at radius 3 is 1.53 bits per heavy atom. The molecule has 0 aliphatic rings. The van der Waals surface area contributed by atoms with E-state index in [1.165, 1.54) is 20.8 Å². The fourth-order valence-electron chi connectivity index (χ4n) is 4.35. The third kappa shape index (κ3) is 5.30. The van der Waals surface area contributed by atoms with Crippen LogP contribution in [0, 0.1) is 0 Å². The van der Waals surface area contributed by atoms with E-state index in [1.807, 2.05) is 11.3 Å². The van der Waals surface area contributed by atoms with Crippen molar-refractivity contribution in [1.29, 1.82) is 0 Å². The average Bonchev–Trinajstić information content (AvgIpc) is 3.35. The fourth-order valence-corrected chi connectivity index (χ4v) is 10.7. The summed E-state index contributed by atoms with van der Waals surface area (Å²) in [7, 11) is -3.53. The molecule has 1 heterocycles. The molecular weight excluding hydrogens is 443 g/mol. The maximum absolute atomic E-state index is 6.75. The number of thiophene rings is 1. The molecule has 0 spiro atoms. The van der Waals surface area contributed by atoms with Gasteiger partial charge in [-0.15, -0.1) is 11.3 Å². The Morgan fingerprint density at radius 1 is 0.688 bits per heavy atom. The Hall–Kier alpha value is -2.03. The average molecular weight is 476 g/mol. The van der Waals surface area contributed by atoms with Crippen LogP contribution in [0.5, 0.6) is 0 Å². The molecule has 0 fully saturated rings. The third-order valence-corrected chi connectivity index (χ3v) is 12.1. The maximum Gasteiger partial charge on any atom is 0.184 e. The van der Waals surface area contributed by atoms with Crippen LogP contribution in [0.1, 0.15) is 17.4 Å². The molecule has 1 nitrogen and oxygen atoms in total. The minimum atomic E-state index is -1.83. The van der Waals surface area contributed by atoms with Gasteiger partial charge in [-0.2, -0.15) is 0 Å². The standard InChI is InChI=1S/C28H32OPSSi/c1-32(2,3)29-27(28-20-13-23-31-28)21-22-30(24-14-7-4-8-15-24,25-16-9-5-10-17-25)26-18-11-6-12-19-26/h4-20,23,27H,21-22H2,1-3H3/q+1/t27-/m1/s1. The number of hydrogen-bond acceptors (Lipinski definition) is 2. The van der Waals surface area contributed by atoms with Crippen LogP contribution in [0.4, 0.5) is 0 Å². The molecule has 1 atom stereocenters. The van der Waals surface area contributed by atoms with E-state index < -0.39 is 15.6 Å². The minimum Gasteiger partial charge on any atom is -0.410 e. The van der Waals surface area contributed by atoms with E-state index in [2.05, 4.69) is 128 Å². The van der Waals surface area contributed by atoms with E-state index in [-0.39, 0.29) is 6.10 Å². The van der Waals surface area contributed by atoms with Crippen LogP contribution in [-0.4, -0.2) is 14.5 Å². The Kier molecular flexibility index (Phi) is 7.43. The van der Waals surface area contributed by atoms with E-state index in [9.17, 15) is 0 Å². The summed E-state index contributed by atoms with van der Waals surface area (Å²) in [5.74, 6) is 0. The number of rotatable bonds is 9. The zero-order valence-electron chi connectivity index (χ0n) is 19.1. The summed E-state index contributed by atoms with van der Waals surface area (Å²) in [5.41, 5.74) is 0. The summed E-state index contributed by atoms with van der Waals surface area (Å²) in [4.78, 5) is 1.35. The summed E-state index contributed by atoms with van der Waals surface area (Å²) >= 11 is 1.82. The molecule has 0 bridgehead atoms. The molecule has 0 unspecified atom stereocenters. The van der Waals surface area contributed by atoms with Crippen molar-refractivity contribution in [3.05, 3.63) is 113 Å². The molecule has 1 aromatic heterocycles. The normalized spacial score (nSPS) is 13.1. The van der Waals surface area contributed by atoms with Gasteiger partial charge in [-0.05, 0) is 67.5 Å². The van der Waals surface area contributed by atoms with Crippen molar-refractivity contribution < 1.29 is 4.43 Å². The molecule has 0 aliphatic carbocycles. The second kappa shape index (κ2) is 10.3. The third-order valence-electron chi connectivity index (χ3n) is 5.67. The van der Waals surface area contributed by atoms with Crippen LogP contribution in [0.15, 0.2) is 109 Å². The molecule has 0 saturated carbocycles. The highest BCUT2D eigenvalue weighted by Crippen LogP contribution is 2.56. The fraction of sp³-hybridized carbons (Fsp3) is 0.214. The lowest BCUT2D eigenvalue weighted by atomic mass is 10.2. The van der Waals surface area contributed by atoms with Gasteiger partial charge in [0.2, 0.25) is 0 Å². The Morgan fingerprint density at radius 2 is 1.16 bits per heavy atom. The largest absolute Gasteiger partial charge is 0.410 e. The number of benzene rings is 3. The van der Waals surface area contributed by atoms with Gasteiger partial charge in [0, 0.05) is 11.3 Å². The predicted molar refractivity (Wildman–Crippen MR) is 146 cm³/mol. The van der Waals surface area contributed by atoms with E-state index >= 15 is 0 Å². The first kappa shape index (κ1) is 23.1. The lowest BCUT2D eigenvalue weighted by molar-refractivity contribution is 0.198. The van der Waals surface area contributed by atoms with Crippen LogP contribution < -0.4 is 15.9 Å². The summed E-state index contributed by atoms with van der Waals surface area (Å²) in [6.45, 7) is 6.88. The topological polar surface area (TPSA) is 9.23 Å². The first-order chi connectivity index (χ1) is 15.5. The molecule has 4 heteroatoms. The van der Waals surface area contributed by atoms with Crippen molar-refractivity contribution in [2.75, 3.05) is 6.16 Å². The van der Waals surface area contributed by atoms with Crippen molar-refractivity contribution in [3.8, 4) is 0 Å². The molecule has 3 aromatic carbocycles. The smallest absolute Gasteiger partial charge is 0.184 e. The molecule has 0 amide bonds. The summed E-state index contributed by atoms with van der Waals surface area (Å²) in [6.07, 6.45) is 2.24. The lowest BCUT2D eigenvalue weighted by Gasteiger charge is -2.31. The first-order valence-corrected chi connectivity index (χ1v) is 17.5. The molecule has 0 aliphatic heterocycles. The molecule has 0 saturated heterocycles. The second-order valence-electron chi connectivity index (χ2n) is 9.06. The van der Waals surface area contributed by atoms with Gasteiger partial charge in [0.15, 0.2) is 8.32 Å².